The molecule has 6 nitrogen and oxygen atoms in total. The maximum absolute atomic E-state index is 11.8. The Bertz CT molecular complexity index is 606. The maximum atomic E-state index is 11.8. The van der Waals surface area contributed by atoms with Crippen LogP contribution in [0.5, 0.6) is 0 Å². The predicted octanol–water partition coefficient (Wildman–Crippen LogP) is 2.07. The van der Waals surface area contributed by atoms with Gasteiger partial charge in [0.25, 0.3) is 5.91 Å². The van der Waals surface area contributed by atoms with Crippen LogP contribution in [-0.2, 0) is 4.79 Å². The molecule has 1 aromatic carbocycles. The van der Waals surface area contributed by atoms with Gasteiger partial charge in [-0.3, -0.25) is 9.59 Å². The first-order valence-corrected chi connectivity index (χ1v) is 6.56. The average Bonchev–Trinajstić information content (AvgIpc) is 3.02. The van der Waals surface area contributed by atoms with Crippen molar-refractivity contribution < 1.29 is 14.0 Å². The zero-order valence-corrected chi connectivity index (χ0v) is 11.6. The minimum Gasteiger partial charge on any atom is -0.459 e. The second-order valence-corrected chi connectivity index (χ2v) is 4.63. The number of carbonyl (C=O) groups is 2. The fourth-order valence-corrected chi connectivity index (χ4v) is 1.61. The lowest BCUT2D eigenvalue weighted by Crippen LogP contribution is -2.26. The number of anilines is 2. The molecule has 1 heterocycles. The van der Waals surface area contributed by atoms with E-state index in [4.69, 9.17) is 10.2 Å². The highest BCUT2D eigenvalue weighted by Crippen LogP contribution is 2.15. The Kier molecular flexibility index (Phi) is 4.73. The summed E-state index contributed by atoms with van der Waals surface area (Å²) in [6.07, 6.45) is 1.44. The lowest BCUT2D eigenvalue weighted by atomic mass is 10.1. The fraction of sp³-hybridized carbons (Fsp3) is 0.200. The van der Waals surface area contributed by atoms with Crippen LogP contribution in [0.3, 0.4) is 0 Å². The number of nitrogens with one attached hydrogen (secondary N) is 2. The fourth-order valence-electron chi connectivity index (χ4n) is 1.61. The first-order valence-electron chi connectivity index (χ1n) is 6.56. The summed E-state index contributed by atoms with van der Waals surface area (Å²) in [6, 6.07) is 10.0. The van der Waals surface area contributed by atoms with Crippen molar-refractivity contribution in [2.75, 3.05) is 17.2 Å². The van der Waals surface area contributed by atoms with Crippen molar-refractivity contribution in [1.82, 2.24) is 0 Å². The zero-order valence-electron chi connectivity index (χ0n) is 11.6. The molecule has 4 N–H and O–H groups in total. The Hall–Kier alpha value is -2.60. The van der Waals surface area contributed by atoms with Gasteiger partial charge in [-0.1, -0.05) is 6.92 Å². The van der Waals surface area contributed by atoms with Crippen LogP contribution in [-0.4, -0.2) is 18.4 Å². The van der Waals surface area contributed by atoms with E-state index in [2.05, 4.69) is 10.6 Å². The van der Waals surface area contributed by atoms with Crippen molar-refractivity contribution in [3.05, 3.63) is 48.4 Å². The number of benzene rings is 1. The summed E-state index contributed by atoms with van der Waals surface area (Å²) < 4.78 is 5.00. The molecular formula is C15H17N3O3. The standard InChI is InChI=1S/C15H17N3O3/c1-10(9-16)14(19)17-11-4-6-12(7-5-11)18-15(20)13-3-2-8-21-13/h2-8,10H,9,16H2,1H3,(H,17,19)(H,18,20). The zero-order chi connectivity index (χ0) is 15.2. The molecule has 110 valence electrons. The van der Waals surface area contributed by atoms with Gasteiger partial charge in [0.15, 0.2) is 5.76 Å². The lowest BCUT2D eigenvalue weighted by Gasteiger charge is -2.10. The number of rotatable bonds is 5. The number of nitrogens with two attached hydrogens (primary N) is 1. The van der Waals surface area contributed by atoms with Crippen molar-refractivity contribution in [3.63, 3.8) is 0 Å². The van der Waals surface area contributed by atoms with Gasteiger partial charge in [-0.05, 0) is 36.4 Å². The van der Waals surface area contributed by atoms with Crippen LogP contribution in [0.15, 0.2) is 47.1 Å². The Morgan fingerprint density at radius 3 is 2.29 bits per heavy atom. The number of amides is 2. The first kappa shape index (κ1) is 14.8. The summed E-state index contributed by atoms with van der Waals surface area (Å²) in [7, 11) is 0. The highest BCUT2D eigenvalue weighted by Gasteiger charge is 2.11. The van der Waals surface area contributed by atoms with E-state index in [1.807, 2.05) is 0 Å². The largest absolute Gasteiger partial charge is 0.459 e. The summed E-state index contributed by atoms with van der Waals surface area (Å²) >= 11 is 0. The molecule has 0 fully saturated rings. The lowest BCUT2D eigenvalue weighted by molar-refractivity contribution is -0.119. The highest BCUT2D eigenvalue weighted by molar-refractivity contribution is 6.02. The minimum atomic E-state index is -0.325. The first-order chi connectivity index (χ1) is 10.1. The van der Waals surface area contributed by atoms with E-state index in [-0.39, 0.29) is 23.5 Å². The number of hydrogen-bond donors (Lipinski definition) is 3. The molecule has 0 radical (unpaired) electrons. The van der Waals surface area contributed by atoms with E-state index in [1.165, 1.54) is 6.26 Å². The Balaban J connectivity index is 1.96. The molecule has 1 atom stereocenters. The van der Waals surface area contributed by atoms with E-state index < -0.39 is 0 Å². The van der Waals surface area contributed by atoms with E-state index in [9.17, 15) is 9.59 Å². The van der Waals surface area contributed by atoms with E-state index in [0.29, 0.717) is 17.9 Å². The summed E-state index contributed by atoms with van der Waals surface area (Å²) in [5, 5.41) is 5.44. The molecule has 1 aromatic heterocycles. The summed E-state index contributed by atoms with van der Waals surface area (Å²) in [4.78, 5) is 23.5. The molecular weight excluding hydrogens is 270 g/mol. The topological polar surface area (TPSA) is 97.4 Å². The van der Waals surface area contributed by atoms with Gasteiger partial charge in [0.2, 0.25) is 5.91 Å². The third-order valence-corrected chi connectivity index (χ3v) is 2.96. The van der Waals surface area contributed by atoms with Gasteiger partial charge in [-0.15, -0.1) is 0 Å². The second kappa shape index (κ2) is 6.71. The Morgan fingerprint density at radius 2 is 1.76 bits per heavy atom. The maximum Gasteiger partial charge on any atom is 0.291 e. The van der Waals surface area contributed by atoms with Crippen molar-refractivity contribution in [2.24, 2.45) is 11.7 Å². The SMILES string of the molecule is CC(CN)C(=O)Nc1ccc(NC(=O)c2ccco2)cc1. The van der Waals surface area contributed by atoms with Gasteiger partial charge in [-0.25, -0.2) is 0 Å². The number of furan rings is 1. The molecule has 6 heteroatoms. The van der Waals surface area contributed by atoms with Crippen molar-refractivity contribution in [2.45, 2.75) is 6.92 Å². The van der Waals surface area contributed by atoms with Crippen LogP contribution in [0.25, 0.3) is 0 Å². The van der Waals surface area contributed by atoms with Crippen LogP contribution in [0.4, 0.5) is 11.4 Å². The molecule has 2 rings (SSSR count). The molecule has 0 bridgehead atoms. The van der Waals surface area contributed by atoms with Crippen LogP contribution < -0.4 is 16.4 Å². The monoisotopic (exact) mass is 287 g/mol. The number of hydrogen-bond acceptors (Lipinski definition) is 4. The average molecular weight is 287 g/mol. The summed E-state index contributed by atoms with van der Waals surface area (Å²) in [5.41, 5.74) is 6.70. The van der Waals surface area contributed by atoms with Gasteiger partial charge in [0, 0.05) is 23.8 Å². The van der Waals surface area contributed by atoms with Gasteiger partial charge in [-0.2, -0.15) is 0 Å². The van der Waals surface area contributed by atoms with Crippen molar-refractivity contribution >= 4 is 23.2 Å². The Morgan fingerprint density at radius 1 is 1.14 bits per heavy atom. The van der Waals surface area contributed by atoms with Gasteiger partial charge in [0.05, 0.1) is 6.26 Å². The molecule has 0 aliphatic carbocycles. The van der Waals surface area contributed by atoms with Crippen LogP contribution in [0, 0.1) is 5.92 Å². The highest BCUT2D eigenvalue weighted by atomic mass is 16.3. The van der Waals surface area contributed by atoms with Crippen molar-refractivity contribution in [3.8, 4) is 0 Å². The quantitative estimate of drug-likeness (QED) is 0.784. The van der Waals surface area contributed by atoms with Crippen molar-refractivity contribution in [1.29, 1.82) is 0 Å². The molecule has 0 aliphatic rings. The molecule has 0 saturated heterocycles. The van der Waals surface area contributed by atoms with Crippen LogP contribution >= 0.6 is 0 Å². The molecule has 0 spiro atoms. The van der Waals surface area contributed by atoms with Gasteiger partial charge < -0.3 is 20.8 Å². The molecule has 2 aromatic rings. The normalized spacial score (nSPS) is 11.7. The van der Waals surface area contributed by atoms with Gasteiger partial charge in [0.1, 0.15) is 0 Å². The molecule has 2 amide bonds. The van der Waals surface area contributed by atoms with Crippen LogP contribution in [0.1, 0.15) is 17.5 Å². The third kappa shape index (κ3) is 3.93. The molecule has 1 unspecified atom stereocenters. The predicted molar refractivity (Wildman–Crippen MR) is 80.0 cm³/mol. The van der Waals surface area contributed by atoms with Gasteiger partial charge >= 0.3 is 0 Å². The Labute approximate surface area is 122 Å². The summed E-state index contributed by atoms with van der Waals surface area (Å²) in [6.45, 7) is 2.05. The van der Waals surface area contributed by atoms with Crippen LogP contribution in [0.2, 0.25) is 0 Å². The third-order valence-electron chi connectivity index (χ3n) is 2.96. The minimum absolute atomic E-state index is 0.134. The molecule has 21 heavy (non-hydrogen) atoms. The van der Waals surface area contributed by atoms with E-state index in [1.54, 1.807) is 43.3 Å². The smallest absolute Gasteiger partial charge is 0.291 e. The molecule has 0 saturated carbocycles. The summed E-state index contributed by atoms with van der Waals surface area (Å²) in [5.74, 6) is -0.467. The second-order valence-electron chi connectivity index (χ2n) is 4.63. The van der Waals surface area contributed by atoms with E-state index >= 15 is 0 Å². The van der Waals surface area contributed by atoms with E-state index in [0.717, 1.165) is 0 Å². The molecule has 0 aliphatic heterocycles. The number of carbonyl (C=O) groups excluding carboxylic acids is 2.